The van der Waals surface area contributed by atoms with Crippen molar-refractivity contribution in [2.24, 2.45) is 5.92 Å². The van der Waals surface area contributed by atoms with E-state index in [0.29, 0.717) is 42.8 Å². The van der Waals surface area contributed by atoms with Crippen LogP contribution in [0.1, 0.15) is 13.8 Å². The third-order valence-corrected chi connectivity index (χ3v) is 3.16. The summed E-state index contributed by atoms with van der Waals surface area (Å²) in [6, 6.07) is 5.27. The maximum atomic E-state index is 12.1. The van der Waals surface area contributed by atoms with Gasteiger partial charge in [-0.05, 0) is 26.1 Å². The second kappa shape index (κ2) is 11.5. The second-order valence-corrected chi connectivity index (χ2v) is 5.02. The fraction of sp³-hybridized carbons (Fsp3) is 0.533. The molecule has 0 spiro atoms. The minimum absolute atomic E-state index is 0. The van der Waals surface area contributed by atoms with Gasteiger partial charge in [-0.25, -0.2) is 0 Å². The number of carbonyl (C=O) groups excluding carboxylic acids is 1. The number of hydrogen-bond donors (Lipinski definition) is 2. The first-order chi connectivity index (χ1) is 10.1. The summed E-state index contributed by atoms with van der Waals surface area (Å²) in [4.78, 5) is 12.1. The monoisotopic (exact) mass is 350 g/mol. The molecule has 7 heteroatoms. The molecule has 1 aromatic carbocycles. The Morgan fingerprint density at radius 3 is 2.73 bits per heavy atom. The number of anilines is 1. The maximum absolute atomic E-state index is 12.1. The molecule has 1 unspecified atom stereocenters. The highest BCUT2D eigenvalue weighted by Crippen LogP contribution is 2.33. The molecular formula is C15H24Cl2N2O3. The van der Waals surface area contributed by atoms with E-state index in [-0.39, 0.29) is 24.2 Å². The van der Waals surface area contributed by atoms with Crippen LogP contribution in [0.3, 0.4) is 0 Å². The van der Waals surface area contributed by atoms with E-state index in [4.69, 9.17) is 21.1 Å². The molecule has 0 saturated heterocycles. The van der Waals surface area contributed by atoms with Gasteiger partial charge in [-0.2, -0.15) is 0 Å². The Hall–Kier alpha value is -1.01. The van der Waals surface area contributed by atoms with E-state index >= 15 is 0 Å². The van der Waals surface area contributed by atoms with Gasteiger partial charge in [-0.3, -0.25) is 4.79 Å². The van der Waals surface area contributed by atoms with Gasteiger partial charge in [0.05, 0.1) is 17.3 Å². The Bertz CT molecular complexity index is 458. The third-order valence-electron chi connectivity index (χ3n) is 2.86. The summed E-state index contributed by atoms with van der Waals surface area (Å²) < 4.78 is 10.8. The number of rotatable bonds is 9. The van der Waals surface area contributed by atoms with Gasteiger partial charge in [-0.15, -0.1) is 12.4 Å². The Morgan fingerprint density at radius 2 is 2.09 bits per heavy atom. The van der Waals surface area contributed by atoms with Gasteiger partial charge in [0.25, 0.3) is 0 Å². The molecule has 126 valence electrons. The van der Waals surface area contributed by atoms with E-state index in [1.807, 2.05) is 20.9 Å². The van der Waals surface area contributed by atoms with Gasteiger partial charge in [0, 0.05) is 19.1 Å². The highest BCUT2D eigenvalue weighted by molar-refractivity contribution is 6.32. The van der Waals surface area contributed by atoms with Crippen LogP contribution in [-0.4, -0.2) is 39.3 Å². The molecule has 0 aromatic heterocycles. The normalized spacial score (nSPS) is 11.5. The lowest BCUT2D eigenvalue weighted by Crippen LogP contribution is -2.28. The first kappa shape index (κ1) is 21.0. The highest BCUT2D eigenvalue weighted by atomic mass is 35.5. The first-order valence-corrected chi connectivity index (χ1v) is 7.42. The Kier molecular flexibility index (Phi) is 11.0. The summed E-state index contributed by atoms with van der Waals surface area (Å²) in [5.41, 5.74) is 0.576. The number of hydrogen-bond acceptors (Lipinski definition) is 4. The molecule has 1 aromatic rings. The summed E-state index contributed by atoms with van der Waals surface area (Å²) in [5.74, 6) is 0.246. The van der Waals surface area contributed by atoms with Crippen LogP contribution in [-0.2, 0) is 9.53 Å². The lowest BCUT2D eigenvalue weighted by molar-refractivity contribution is -0.119. The molecule has 1 atom stereocenters. The summed E-state index contributed by atoms with van der Waals surface area (Å²) in [5, 5.41) is 6.28. The standard InChI is InChI=1S/C15H23ClN2O3.ClH/c1-4-20-8-9-21-14-12(16)6-5-7-13(14)18-15(19)11(2)10-17-3;/h5-7,11,17H,4,8-10H2,1-3H3,(H,18,19);1H. The molecule has 0 saturated carbocycles. The molecule has 0 heterocycles. The topological polar surface area (TPSA) is 59.6 Å². The zero-order chi connectivity index (χ0) is 15.7. The quantitative estimate of drug-likeness (QED) is 0.672. The molecule has 0 aliphatic carbocycles. The Labute approximate surface area is 143 Å². The smallest absolute Gasteiger partial charge is 0.228 e. The van der Waals surface area contributed by atoms with Crippen molar-refractivity contribution in [2.45, 2.75) is 13.8 Å². The van der Waals surface area contributed by atoms with Crippen LogP contribution in [0.5, 0.6) is 5.75 Å². The van der Waals surface area contributed by atoms with Gasteiger partial charge in [0.2, 0.25) is 5.91 Å². The van der Waals surface area contributed by atoms with E-state index in [0.717, 1.165) is 0 Å². The van der Waals surface area contributed by atoms with Crippen molar-refractivity contribution in [2.75, 3.05) is 38.7 Å². The number of halogens is 2. The van der Waals surface area contributed by atoms with Gasteiger partial charge in [0.15, 0.2) is 5.75 Å². The molecule has 5 nitrogen and oxygen atoms in total. The van der Waals surface area contributed by atoms with Crippen LogP contribution in [0.25, 0.3) is 0 Å². The number of amides is 1. The van der Waals surface area contributed by atoms with Gasteiger partial charge in [0.1, 0.15) is 6.61 Å². The van der Waals surface area contributed by atoms with Gasteiger partial charge >= 0.3 is 0 Å². The van der Waals surface area contributed by atoms with Crippen molar-refractivity contribution >= 4 is 35.6 Å². The number of benzene rings is 1. The SMILES string of the molecule is CCOCCOc1c(Cl)cccc1NC(=O)C(C)CNC.Cl. The van der Waals surface area contributed by atoms with Crippen molar-refractivity contribution < 1.29 is 14.3 Å². The largest absolute Gasteiger partial charge is 0.487 e. The predicted molar refractivity (Wildman–Crippen MR) is 92.4 cm³/mol. The van der Waals surface area contributed by atoms with Crippen LogP contribution in [0.15, 0.2) is 18.2 Å². The minimum atomic E-state index is -0.148. The van der Waals surface area contributed by atoms with Gasteiger partial charge in [-0.1, -0.05) is 24.6 Å². The van der Waals surface area contributed by atoms with Crippen molar-refractivity contribution in [3.63, 3.8) is 0 Å². The van der Waals surface area contributed by atoms with Crippen LogP contribution in [0, 0.1) is 5.92 Å². The van der Waals surface area contributed by atoms with Crippen LogP contribution >= 0.6 is 24.0 Å². The summed E-state index contributed by atoms with van der Waals surface area (Å²) in [7, 11) is 1.81. The van der Waals surface area contributed by atoms with E-state index in [9.17, 15) is 4.79 Å². The number of carbonyl (C=O) groups is 1. The highest BCUT2D eigenvalue weighted by Gasteiger charge is 2.16. The number of para-hydroxylation sites is 1. The summed E-state index contributed by atoms with van der Waals surface area (Å²) in [6.45, 7) is 5.87. The average molecular weight is 351 g/mol. The van der Waals surface area contributed by atoms with Crippen molar-refractivity contribution in [1.29, 1.82) is 0 Å². The fourth-order valence-corrected chi connectivity index (χ4v) is 1.98. The van der Waals surface area contributed by atoms with Crippen LogP contribution in [0.4, 0.5) is 5.69 Å². The van der Waals surface area contributed by atoms with E-state index < -0.39 is 0 Å². The summed E-state index contributed by atoms with van der Waals surface area (Å²) >= 11 is 6.14. The van der Waals surface area contributed by atoms with Gasteiger partial charge < -0.3 is 20.1 Å². The lowest BCUT2D eigenvalue weighted by Gasteiger charge is -2.16. The van der Waals surface area contributed by atoms with Crippen molar-refractivity contribution in [3.8, 4) is 5.75 Å². The zero-order valence-electron chi connectivity index (χ0n) is 13.1. The van der Waals surface area contributed by atoms with Crippen molar-refractivity contribution in [3.05, 3.63) is 23.2 Å². The maximum Gasteiger partial charge on any atom is 0.228 e. The lowest BCUT2D eigenvalue weighted by atomic mass is 10.1. The molecule has 1 amide bonds. The first-order valence-electron chi connectivity index (χ1n) is 7.04. The molecule has 0 aliphatic heterocycles. The Morgan fingerprint density at radius 1 is 1.36 bits per heavy atom. The zero-order valence-corrected chi connectivity index (χ0v) is 14.7. The number of ether oxygens (including phenoxy) is 2. The third kappa shape index (κ3) is 6.83. The minimum Gasteiger partial charge on any atom is -0.487 e. The van der Waals surface area contributed by atoms with E-state index in [2.05, 4.69) is 10.6 Å². The molecule has 2 N–H and O–H groups in total. The molecule has 1 rings (SSSR count). The van der Waals surface area contributed by atoms with E-state index in [1.54, 1.807) is 18.2 Å². The van der Waals surface area contributed by atoms with Crippen molar-refractivity contribution in [1.82, 2.24) is 5.32 Å². The molecule has 0 bridgehead atoms. The number of nitrogens with one attached hydrogen (secondary N) is 2. The molecule has 0 aliphatic rings. The van der Waals surface area contributed by atoms with E-state index in [1.165, 1.54) is 0 Å². The van der Waals surface area contributed by atoms with Crippen LogP contribution in [0.2, 0.25) is 5.02 Å². The molecule has 0 radical (unpaired) electrons. The average Bonchev–Trinajstić information content (AvgIpc) is 2.46. The molecule has 22 heavy (non-hydrogen) atoms. The fourth-order valence-electron chi connectivity index (χ4n) is 1.76. The second-order valence-electron chi connectivity index (χ2n) is 4.61. The molecular weight excluding hydrogens is 327 g/mol. The predicted octanol–water partition coefficient (Wildman–Crippen LogP) is 2.97. The molecule has 0 fully saturated rings. The summed E-state index contributed by atoms with van der Waals surface area (Å²) in [6.07, 6.45) is 0. The Balaban J connectivity index is 0.00000441. The van der Waals surface area contributed by atoms with Crippen LogP contribution < -0.4 is 15.4 Å².